The summed E-state index contributed by atoms with van der Waals surface area (Å²) < 4.78 is 5.43. The van der Waals surface area contributed by atoms with E-state index < -0.39 is 0 Å². The van der Waals surface area contributed by atoms with Crippen LogP contribution < -0.4 is 20.4 Å². The molecule has 0 unspecified atom stereocenters. The van der Waals surface area contributed by atoms with Crippen molar-refractivity contribution >= 4 is 29.0 Å². The number of carbonyl (C=O) groups is 2. The lowest BCUT2D eigenvalue weighted by molar-refractivity contribution is -0.116. The predicted molar refractivity (Wildman–Crippen MR) is 111 cm³/mol. The van der Waals surface area contributed by atoms with Gasteiger partial charge in [-0.1, -0.05) is 30.3 Å². The summed E-state index contributed by atoms with van der Waals surface area (Å²) in [6, 6.07) is 16.8. The van der Waals surface area contributed by atoms with Gasteiger partial charge >= 0.3 is 6.03 Å². The maximum atomic E-state index is 12.3. The summed E-state index contributed by atoms with van der Waals surface area (Å²) in [5, 5.41) is 5.58. The minimum atomic E-state index is -0.295. The molecule has 1 saturated heterocycles. The Hall–Kier alpha value is -3.06. The molecule has 3 amide bonds. The van der Waals surface area contributed by atoms with Gasteiger partial charge in [0.05, 0.1) is 24.6 Å². The third-order valence-electron chi connectivity index (χ3n) is 4.56. The summed E-state index contributed by atoms with van der Waals surface area (Å²) in [6.07, 6.45) is 0. The molecule has 7 nitrogen and oxygen atoms in total. The second-order valence-electron chi connectivity index (χ2n) is 6.51. The van der Waals surface area contributed by atoms with Gasteiger partial charge in [-0.2, -0.15) is 0 Å². The Kier molecular flexibility index (Phi) is 6.86. The van der Waals surface area contributed by atoms with Gasteiger partial charge in [0, 0.05) is 38.8 Å². The van der Waals surface area contributed by atoms with E-state index in [1.54, 1.807) is 11.8 Å². The first-order valence-corrected chi connectivity index (χ1v) is 9.45. The van der Waals surface area contributed by atoms with E-state index in [1.807, 2.05) is 54.6 Å². The van der Waals surface area contributed by atoms with Crippen molar-refractivity contribution in [2.45, 2.75) is 6.92 Å². The molecule has 0 aromatic heterocycles. The number of urea groups is 1. The molecule has 1 aliphatic rings. The predicted octanol–water partition coefficient (Wildman–Crippen LogP) is 2.70. The van der Waals surface area contributed by atoms with Gasteiger partial charge in [0.1, 0.15) is 0 Å². The lowest BCUT2D eigenvalue weighted by Gasteiger charge is -2.33. The molecule has 3 rings (SSSR count). The minimum Gasteiger partial charge on any atom is -0.378 e. The summed E-state index contributed by atoms with van der Waals surface area (Å²) >= 11 is 0. The molecule has 148 valence electrons. The molecule has 2 N–H and O–H groups in total. The lowest BCUT2D eigenvalue weighted by atomic mass is 10.2. The number of anilines is 3. The van der Waals surface area contributed by atoms with Crippen molar-refractivity contribution in [3.8, 4) is 0 Å². The fourth-order valence-electron chi connectivity index (χ4n) is 3.19. The van der Waals surface area contributed by atoms with Crippen molar-refractivity contribution in [3.05, 3.63) is 54.6 Å². The Morgan fingerprint density at radius 2 is 1.71 bits per heavy atom. The van der Waals surface area contributed by atoms with E-state index in [9.17, 15) is 9.59 Å². The van der Waals surface area contributed by atoms with Crippen LogP contribution in [0.4, 0.5) is 21.9 Å². The highest BCUT2D eigenvalue weighted by Crippen LogP contribution is 2.29. The van der Waals surface area contributed by atoms with Crippen molar-refractivity contribution in [1.82, 2.24) is 5.32 Å². The van der Waals surface area contributed by atoms with E-state index in [0.717, 1.165) is 30.2 Å². The molecule has 2 aromatic carbocycles. The SMILES string of the molecule is CC(=O)N(CCNC(=O)Nc1ccccc1)c1ccccc1N1CCOCC1. The molecule has 1 aliphatic heterocycles. The van der Waals surface area contributed by atoms with Crippen LogP contribution in [0, 0.1) is 0 Å². The molecule has 0 saturated carbocycles. The zero-order valence-corrected chi connectivity index (χ0v) is 16.1. The largest absolute Gasteiger partial charge is 0.378 e. The van der Waals surface area contributed by atoms with Gasteiger partial charge in [-0.15, -0.1) is 0 Å². The van der Waals surface area contributed by atoms with Gasteiger partial charge in [-0.05, 0) is 24.3 Å². The van der Waals surface area contributed by atoms with Crippen LogP contribution in [0.1, 0.15) is 6.92 Å². The highest BCUT2D eigenvalue weighted by atomic mass is 16.5. The van der Waals surface area contributed by atoms with E-state index in [-0.39, 0.29) is 11.9 Å². The topological polar surface area (TPSA) is 73.9 Å². The molecule has 28 heavy (non-hydrogen) atoms. The summed E-state index contributed by atoms with van der Waals surface area (Å²) in [5.74, 6) is -0.0639. The smallest absolute Gasteiger partial charge is 0.319 e. The van der Waals surface area contributed by atoms with Gasteiger partial charge in [0.25, 0.3) is 0 Å². The molecule has 0 aliphatic carbocycles. The third-order valence-corrected chi connectivity index (χ3v) is 4.56. The first-order chi connectivity index (χ1) is 13.6. The van der Waals surface area contributed by atoms with Crippen LogP contribution in [0.15, 0.2) is 54.6 Å². The third kappa shape index (κ3) is 5.23. The lowest BCUT2D eigenvalue weighted by Crippen LogP contribution is -2.41. The van der Waals surface area contributed by atoms with Gasteiger partial charge in [0.15, 0.2) is 0 Å². The van der Waals surface area contributed by atoms with Gasteiger partial charge in [-0.25, -0.2) is 4.79 Å². The van der Waals surface area contributed by atoms with Crippen molar-refractivity contribution in [2.24, 2.45) is 0 Å². The average molecular weight is 382 g/mol. The second kappa shape index (κ2) is 9.75. The minimum absolute atomic E-state index is 0.0639. The molecular weight excluding hydrogens is 356 g/mol. The number of hydrogen-bond donors (Lipinski definition) is 2. The Morgan fingerprint density at radius 1 is 1.04 bits per heavy atom. The van der Waals surface area contributed by atoms with E-state index in [2.05, 4.69) is 15.5 Å². The monoisotopic (exact) mass is 382 g/mol. The summed E-state index contributed by atoms with van der Waals surface area (Å²) in [6.45, 7) is 5.21. The average Bonchev–Trinajstić information content (AvgIpc) is 2.72. The highest BCUT2D eigenvalue weighted by Gasteiger charge is 2.20. The Morgan fingerprint density at radius 3 is 2.43 bits per heavy atom. The standard InChI is InChI=1S/C21H26N4O3/c1-17(26)25(12-11-22-21(27)23-18-7-3-2-4-8-18)20-10-6-5-9-19(20)24-13-15-28-16-14-24/h2-10H,11-16H2,1H3,(H2,22,23,27). The number of para-hydroxylation sites is 3. The van der Waals surface area contributed by atoms with Gasteiger partial charge in [0.2, 0.25) is 5.91 Å². The quantitative estimate of drug-likeness (QED) is 0.806. The number of hydrogen-bond acceptors (Lipinski definition) is 4. The fourth-order valence-corrected chi connectivity index (χ4v) is 3.19. The molecule has 1 fully saturated rings. The molecule has 0 radical (unpaired) electrons. The van der Waals surface area contributed by atoms with E-state index in [0.29, 0.717) is 26.3 Å². The number of benzene rings is 2. The maximum absolute atomic E-state index is 12.3. The summed E-state index contributed by atoms with van der Waals surface area (Å²) in [5.41, 5.74) is 2.58. The molecule has 0 spiro atoms. The Balaban J connectivity index is 1.62. The first kappa shape index (κ1) is 19.7. The van der Waals surface area contributed by atoms with Crippen LogP contribution in [-0.4, -0.2) is 51.3 Å². The molecular formula is C21H26N4O3. The van der Waals surface area contributed by atoms with Crippen molar-refractivity contribution in [3.63, 3.8) is 0 Å². The summed E-state index contributed by atoms with van der Waals surface area (Å²) in [7, 11) is 0. The van der Waals surface area contributed by atoms with Crippen LogP contribution >= 0.6 is 0 Å². The number of amides is 3. The number of morpholine rings is 1. The van der Waals surface area contributed by atoms with Gasteiger partial charge < -0.3 is 25.2 Å². The zero-order valence-electron chi connectivity index (χ0n) is 16.1. The molecule has 0 bridgehead atoms. The second-order valence-corrected chi connectivity index (χ2v) is 6.51. The molecule has 1 heterocycles. The van der Waals surface area contributed by atoms with Crippen LogP contribution in [-0.2, 0) is 9.53 Å². The van der Waals surface area contributed by atoms with Crippen molar-refractivity contribution in [1.29, 1.82) is 0 Å². The van der Waals surface area contributed by atoms with Crippen LogP contribution in [0.2, 0.25) is 0 Å². The number of nitrogens with one attached hydrogen (secondary N) is 2. The van der Waals surface area contributed by atoms with Crippen molar-refractivity contribution < 1.29 is 14.3 Å². The molecule has 0 atom stereocenters. The maximum Gasteiger partial charge on any atom is 0.319 e. The van der Waals surface area contributed by atoms with E-state index in [1.165, 1.54) is 0 Å². The molecule has 2 aromatic rings. The normalized spacial score (nSPS) is 13.7. The van der Waals surface area contributed by atoms with Gasteiger partial charge in [-0.3, -0.25) is 4.79 Å². The Bertz CT molecular complexity index is 791. The number of carbonyl (C=O) groups excluding carboxylic acids is 2. The highest BCUT2D eigenvalue weighted by molar-refractivity contribution is 5.95. The number of rotatable bonds is 6. The van der Waals surface area contributed by atoms with E-state index in [4.69, 9.17) is 4.74 Å². The first-order valence-electron chi connectivity index (χ1n) is 9.45. The number of nitrogens with zero attached hydrogens (tertiary/aromatic N) is 2. The van der Waals surface area contributed by atoms with Crippen LogP contribution in [0.25, 0.3) is 0 Å². The van der Waals surface area contributed by atoms with E-state index >= 15 is 0 Å². The van der Waals surface area contributed by atoms with Crippen molar-refractivity contribution in [2.75, 3.05) is 54.5 Å². The van der Waals surface area contributed by atoms with Crippen LogP contribution in [0.5, 0.6) is 0 Å². The fraction of sp³-hybridized carbons (Fsp3) is 0.333. The Labute approximate surface area is 165 Å². The zero-order chi connectivity index (χ0) is 19.8. The number of ether oxygens (including phenoxy) is 1. The summed E-state index contributed by atoms with van der Waals surface area (Å²) in [4.78, 5) is 28.3. The van der Waals surface area contributed by atoms with Crippen LogP contribution in [0.3, 0.4) is 0 Å². The molecule has 7 heteroatoms.